The zero-order valence-electron chi connectivity index (χ0n) is 10.5. The maximum absolute atomic E-state index is 9.85. The first-order chi connectivity index (χ1) is 7.02. The third-order valence-electron chi connectivity index (χ3n) is 3.40. The number of hydrogen-bond donors (Lipinski definition) is 1. The molecule has 0 aliphatic carbocycles. The van der Waals surface area contributed by atoms with E-state index in [0.717, 1.165) is 18.4 Å². The second kappa shape index (κ2) is 4.69. The molecule has 0 bridgehead atoms. The quantitative estimate of drug-likeness (QED) is 0.790. The van der Waals surface area contributed by atoms with E-state index in [1.807, 2.05) is 6.07 Å². The summed E-state index contributed by atoms with van der Waals surface area (Å²) < 4.78 is 0. The number of aromatic hydroxyl groups is 1. The van der Waals surface area contributed by atoms with Crippen LogP contribution in [-0.2, 0) is 6.42 Å². The highest BCUT2D eigenvalue weighted by Crippen LogP contribution is 2.33. The second-order valence-electron chi connectivity index (χ2n) is 4.39. The van der Waals surface area contributed by atoms with Crippen LogP contribution in [0.25, 0.3) is 0 Å². The van der Waals surface area contributed by atoms with E-state index in [4.69, 9.17) is 0 Å². The van der Waals surface area contributed by atoms with Crippen molar-refractivity contribution in [3.8, 4) is 5.75 Å². The average molecular weight is 206 g/mol. The number of phenols is 1. The van der Waals surface area contributed by atoms with Gasteiger partial charge in [0.25, 0.3) is 0 Å². The predicted octanol–water partition coefficient (Wildman–Crippen LogP) is 4.08. The number of aryl methyl sites for hydroxylation is 1. The molecule has 1 atom stereocenters. The van der Waals surface area contributed by atoms with Gasteiger partial charge in [-0.15, -0.1) is 0 Å². The molecule has 0 spiro atoms. The van der Waals surface area contributed by atoms with E-state index in [0.29, 0.717) is 11.7 Å². The Morgan fingerprint density at radius 1 is 1.27 bits per heavy atom. The molecule has 1 nitrogen and oxygen atoms in total. The standard InChI is InChI=1S/C14H22O/c1-6-9(3)14-10(4)8-13(15)12(7-2)11(14)5/h8-9,15H,6-7H2,1-5H3. The van der Waals surface area contributed by atoms with Crippen molar-refractivity contribution in [2.45, 2.75) is 53.4 Å². The third-order valence-corrected chi connectivity index (χ3v) is 3.40. The minimum absolute atomic E-state index is 0.458. The number of phenolic OH excluding ortho intramolecular Hbond substituents is 1. The van der Waals surface area contributed by atoms with Gasteiger partial charge in [-0.25, -0.2) is 0 Å². The molecule has 1 unspecified atom stereocenters. The minimum atomic E-state index is 0.458. The Hall–Kier alpha value is -0.980. The first-order valence-electron chi connectivity index (χ1n) is 5.84. The van der Waals surface area contributed by atoms with Crippen LogP contribution in [0.1, 0.15) is 55.4 Å². The molecule has 0 fully saturated rings. The topological polar surface area (TPSA) is 20.2 Å². The largest absolute Gasteiger partial charge is 0.508 e. The molecule has 1 N–H and O–H groups in total. The summed E-state index contributed by atoms with van der Waals surface area (Å²) in [5, 5.41) is 9.85. The Morgan fingerprint density at radius 2 is 1.87 bits per heavy atom. The van der Waals surface area contributed by atoms with Crippen molar-refractivity contribution in [2.75, 3.05) is 0 Å². The zero-order valence-corrected chi connectivity index (χ0v) is 10.5. The summed E-state index contributed by atoms with van der Waals surface area (Å²) in [6, 6.07) is 1.91. The number of hydrogen-bond acceptors (Lipinski definition) is 1. The molecule has 0 heterocycles. The van der Waals surface area contributed by atoms with Crippen LogP contribution in [0.2, 0.25) is 0 Å². The van der Waals surface area contributed by atoms with Crippen LogP contribution in [-0.4, -0.2) is 5.11 Å². The normalized spacial score (nSPS) is 12.9. The molecular weight excluding hydrogens is 184 g/mol. The van der Waals surface area contributed by atoms with Crippen molar-refractivity contribution in [2.24, 2.45) is 0 Å². The maximum Gasteiger partial charge on any atom is 0.119 e. The van der Waals surface area contributed by atoms with Crippen LogP contribution in [0.15, 0.2) is 6.07 Å². The van der Waals surface area contributed by atoms with Gasteiger partial charge >= 0.3 is 0 Å². The van der Waals surface area contributed by atoms with Gasteiger partial charge in [-0.05, 0) is 60.9 Å². The van der Waals surface area contributed by atoms with Crippen LogP contribution in [0.4, 0.5) is 0 Å². The van der Waals surface area contributed by atoms with E-state index in [9.17, 15) is 5.11 Å². The lowest BCUT2D eigenvalue weighted by Crippen LogP contribution is -2.02. The van der Waals surface area contributed by atoms with E-state index in [-0.39, 0.29) is 0 Å². The van der Waals surface area contributed by atoms with Gasteiger partial charge < -0.3 is 5.11 Å². The molecule has 0 amide bonds. The van der Waals surface area contributed by atoms with Gasteiger partial charge in [0, 0.05) is 0 Å². The van der Waals surface area contributed by atoms with Crippen LogP contribution < -0.4 is 0 Å². The lowest BCUT2D eigenvalue weighted by Gasteiger charge is -2.19. The lowest BCUT2D eigenvalue weighted by molar-refractivity contribution is 0.467. The van der Waals surface area contributed by atoms with Gasteiger partial charge in [0.2, 0.25) is 0 Å². The van der Waals surface area contributed by atoms with Gasteiger partial charge in [-0.2, -0.15) is 0 Å². The van der Waals surface area contributed by atoms with Gasteiger partial charge in [0.15, 0.2) is 0 Å². The molecule has 0 saturated heterocycles. The summed E-state index contributed by atoms with van der Waals surface area (Å²) in [5.74, 6) is 1.04. The van der Waals surface area contributed by atoms with Gasteiger partial charge in [-0.1, -0.05) is 20.8 Å². The summed E-state index contributed by atoms with van der Waals surface area (Å²) in [7, 11) is 0. The molecule has 1 heteroatoms. The first-order valence-corrected chi connectivity index (χ1v) is 5.84. The Bertz CT molecular complexity index is 353. The van der Waals surface area contributed by atoms with Crippen molar-refractivity contribution in [3.05, 3.63) is 28.3 Å². The molecule has 1 rings (SSSR count). The monoisotopic (exact) mass is 206 g/mol. The van der Waals surface area contributed by atoms with Gasteiger partial charge in [-0.3, -0.25) is 0 Å². The Kier molecular flexibility index (Phi) is 3.78. The maximum atomic E-state index is 9.85. The third kappa shape index (κ3) is 2.17. The van der Waals surface area contributed by atoms with Crippen LogP contribution in [0.5, 0.6) is 5.75 Å². The lowest BCUT2D eigenvalue weighted by atomic mass is 9.86. The first kappa shape index (κ1) is 12.1. The SMILES string of the molecule is CCc1c(O)cc(C)c(C(C)CC)c1C. The molecule has 0 aromatic heterocycles. The van der Waals surface area contributed by atoms with Crippen LogP contribution in [0.3, 0.4) is 0 Å². The summed E-state index contributed by atoms with van der Waals surface area (Å²) in [5.41, 5.74) is 5.03. The number of rotatable bonds is 3. The van der Waals surface area contributed by atoms with Crippen LogP contribution in [0, 0.1) is 13.8 Å². The molecule has 0 aliphatic heterocycles. The van der Waals surface area contributed by atoms with Crippen molar-refractivity contribution in [3.63, 3.8) is 0 Å². The smallest absolute Gasteiger partial charge is 0.119 e. The Balaban J connectivity index is 3.38. The highest BCUT2D eigenvalue weighted by Gasteiger charge is 2.15. The molecule has 0 saturated carbocycles. The van der Waals surface area contributed by atoms with Gasteiger partial charge in [0.05, 0.1) is 0 Å². The number of benzene rings is 1. The molecular formula is C14H22O. The minimum Gasteiger partial charge on any atom is -0.508 e. The van der Waals surface area contributed by atoms with Crippen molar-refractivity contribution in [1.82, 2.24) is 0 Å². The van der Waals surface area contributed by atoms with Crippen molar-refractivity contribution in [1.29, 1.82) is 0 Å². The van der Waals surface area contributed by atoms with Crippen molar-refractivity contribution < 1.29 is 5.11 Å². The Labute approximate surface area is 93.1 Å². The highest BCUT2D eigenvalue weighted by molar-refractivity contribution is 5.49. The van der Waals surface area contributed by atoms with E-state index < -0.39 is 0 Å². The van der Waals surface area contributed by atoms with E-state index in [1.165, 1.54) is 16.7 Å². The predicted molar refractivity (Wildman–Crippen MR) is 65.7 cm³/mol. The zero-order chi connectivity index (χ0) is 11.6. The summed E-state index contributed by atoms with van der Waals surface area (Å²) in [6.07, 6.45) is 2.05. The fourth-order valence-corrected chi connectivity index (χ4v) is 2.43. The second-order valence-corrected chi connectivity index (χ2v) is 4.39. The summed E-state index contributed by atoms with van der Waals surface area (Å²) in [6.45, 7) is 10.8. The molecule has 15 heavy (non-hydrogen) atoms. The molecule has 1 aromatic rings. The van der Waals surface area contributed by atoms with E-state index in [1.54, 1.807) is 0 Å². The summed E-state index contributed by atoms with van der Waals surface area (Å²) in [4.78, 5) is 0. The van der Waals surface area contributed by atoms with E-state index in [2.05, 4.69) is 34.6 Å². The molecule has 0 aliphatic rings. The van der Waals surface area contributed by atoms with Gasteiger partial charge in [0.1, 0.15) is 5.75 Å². The van der Waals surface area contributed by atoms with Crippen LogP contribution >= 0.6 is 0 Å². The average Bonchev–Trinajstić information content (AvgIpc) is 2.17. The summed E-state index contributed by atoms with van der Waals surface area (Å²) >= 11 is 0. The molecule has 0 radical (unpaired) electrons. The van der Waals surface area contributed by atoms with E-state index >= 15 is 0 Å². The molecule has 1 aromatic carbocycles. The fourth-order valence-electron chi connectivity index (χ4n) is 2.43. The fraction of sp³-hybridized carbons (Fsp3) is 0.571. The highest BCUT2D eigenvalue weighted by atomic mass is 16.3. The molecule has 84 valence electrons. The Morgan fingerprint density at radius 3 is 2.33 bits per heavy atom. The van der Waals surface area contributed by atoms with Crippen molar-refractivity contribution >= 4 is 0 Å².